The molecule has 3 aromatic rings. The number of halogens is 2. The summed E-state index contributed by atoms with van der Waals surface area (Å²) in [5, 5.41) is 8.08. The van der Waals surface area contributed by atoms with Gasteiger partial charge in [-0.25, -0.2) is 4.39 Å². The smallest absolute Gasteiger partial charge is 0.280 e. The fraction of sp³-hybridized carbons (Fsp3) is 0.312. The molecule has 1 aliphatic rings. The molecule has 0 fully saturated rings. The van der Waals surface area contributed by atoms with Gasteiger partial charge in [-0.05, 0) is 52.9 Å². The monoisotopic (exact) mass is 377 g/mol. The minimum absolute atomic E-state index is 0.295. The lowest BCUT2D eigenvalue weighted by atomic mass is 9.96. The number of aromatic nitrogens is 3. The van der Waals surface area contributed by atoms with Crippen LogP contribution in [-0.2, 0) is 19.3 Å². The fourth-order valence-electron chi connectivity index (χ4n) is 2.81. The van der Waals surface area contributed by atoms with Gasteiger partial charge in [-0.2, -0.15) is 4.98 Å². The quantitative estimate of drug-likeness (QED) is 0.687. The number of rotatable bonds is 3. The molecule has 0 saturated carbocycles. The predicted octanol–water partition coefficient (Wildman–Crippen LogP) is 4.10. The molecule has 4 rings (SSSR count). The summed E-state index contributed by atoms with van der Waals surface area (Å²) in [6.45, 7) is 0. The van der Waals surface area contributed by atoms with Crippen molar-refractivity contribution in [2.24, 2.45) is 0 Å². The minimum Gasteiger partial charge on any atom is -0.360 e. The van der Waals surface area contributed by atoms with E-state index in [1.165, 1.54) is 6.07 Å². The average Bonchev–Trinajstić information content (AvgIpc) is 3.17. The highest BCUT2D eigenvalue weighted by atomic mass is 79.9. The van der Waals surface area contributed by atoms with Crippen LogP contribution in [0.2, 0.25) is 0 Å². The first-order valence-electron chi connectivity index (χ1n) is 7.45. The summed E-state index contributed by atoms with van der Waals surface area (Å²) in [7, 11) is 0. The van der Waals surface area contributed by atoms with Gasteiger partial charge < -0.3 is 9.05 Å². The number of benzene rings is 1. The zero-order valence-electron chi connectivity index (χ0n) is 12.2. The van der Waals surface area contributed by atoms with E-state index >= 15 is 0 Å². The van der Waals surface area contributed by atoms with E-state index in [0.29, 0.717) is 28.3 Å². The van der Waals surface area contributed by atoms with Gasteiger partial charge in [0.15, 0.2) is 11.5 Å². The maximum Gasteiger partial charge on any atom is 0.280 e. The van der Waals surface area contributed by atoms with Crippen molar-refractivity contribution in [1.82, 2.24) is 15.3 Å². The van der Waals surface area contributed by atoms with Gasteiger partial charge >= 0.3 is 0 Å². The normalized spacial score (nSPS) is 14.0. The van der Waals surface area contributed by atoms with Crippen LogP contribution in [0.3, 0.4) is 0 Å². The van der Waals surface area contributed by atoms with E-state index in [2.05, 4.69) is 31.2 Å². The predicted molar refractivity (Wildman–Crippen MR) is 83.3 cm³/mol. The van der Waals surface area contributed by atoms with Crippen molar-refractivity contribution < 1.29 is 13.4 Å². The molecular weight excluding hydrogens is 365 g/mol. The molecule has 1 aromatic carbocycles. The van der Waals surface area contributed by atoms with E-state index in [9.17, 15) is 4.39 Å². The summed E-state index contributed by atoms with van der Waals surface area (Å²) in [6.07, 6.45) is 4.54. The molecule has 118 valence electrons. The van der Waals surface area contributed by atoms with Crippen LogP contribution >= 0.6 is 15.9 Å². The molecule has 0 unspecified atom stereocenters. The molecule has 7 heteroatoms. The third-order valence-electron chi connectivity index (χ3n) is 3.97. The van der Waals surface area contributed by atoms with Gasteiger partial charge in [0.05, 0.1) is 4.47 Å². The summed E-state index contributed by atoms with van der Waals surface area (Å²) >= 11 is 3.18. The van der Waals surface area contributed by atoms with Crippen molar-refractivity contribution in [2.75, 3.05) is 0 Å². The second-order valence-electron chi connectivity index (χ2n) is 5.58. The van der Waals surface area contributed by atoms with Crippen molar-refractivity contribution in [3.8, 4) is 11.6 Å². The largest absolute Gasteiger partial charge is 0.360 e. The summed E-state index contributed by atoms with van der Waals surface area (Å²) < 4.78 is 24.4. The number of hydrogen-bond donors (Lipinski definition) is 0. The molecule has 23 heavy (non-hydrogen) atoms. The van der Waals surface area contributed by atoms with Crippen LogP contribution in [0.25, 0.3) is 11.6 Å². The van der Waals surface area contributed by atoms with Gasteiger partial charge in [0, 0.05) is 18.4 Å². The van der Waals surface area contributed by atoms with E-state index in [1.54, 1.807) is 12.1 Å². The Morgan fingerprint density at radius 2 is 2.00 bits per heavy atom. The zero-order valence-corrected chi connectivity index (χ0v) is 13.8. The van der Waals surface area contributed by atoms with Crippen LogP contribution in [0.1, 0.15) is 35.6 Å². The average molecular weight is 378 g/mol. The van der Waals surface area contributed by atoms with Crippen LogP contribution in [0, 0.1) is 5.82 Å². The van der Waals surface area contributed by atoms with Gasteiger partial charge in [0.25, 0.3) is 5.89 Å². The first-order chi connectivity index (χ1) is 11.2. The lowest BCUT2D eigenvalue weighted by Crippen LogP contribution is -2.00. The van der Waals surface area contributed by atoms with Crippen molar-refractivity contribution in [1.29, 1.82) is 0 Å². The highest BCUT2D eigenvalue weighted by Gasteiger charge is 2.24. The Morgan fingerprint density at radius 3 is 2.87 bits per heavy atom. The van der Waals surface area contributed by atoms with Crippen molar-refractivity contribution in [3.63, 3.8) is 0 Å². The lowest BCUT2D eigenvalue weighted by Gasteiger charge is -2.07. The fourth-order valence-corrected chi connectivity index (χ4v) is 3.23. The Labute approximate surface area is 140 Å². The molecule has 0 atom stereocenters. The number of aryl methyl sites for hydroxylation is 1. The maximum atomic E-state index is 13.3. The van der Waals surface area contributed by atoms with E-state index < -0.39 is 0 Å². The Balaban J connectivity index is 1.59. The Hall–Kier alpha value is -2.02. The molecule has 0 saturated heterocycles. The van der Waals surface area contributed by atoms with E-state index in [4.69, 9.17) is 9.05 Å². The summed E-state index contributed by atoms with van der Waals surface area (Å²) in [5.74, 6) is 1.55. The summed E-state index contributed by atoms with van der Waals surface area (Å²) in [6, 6.07) is 4.83. The highest BCUT2D eigenvalue weighted by molar-refractivity contribution is 9.10. The number of fused-ring (bicyclic) bond motifs is 1. The van der Waals surface area contributed by atoms with Crippen LogP contribution in [0.15, 0.2) is 31.7 Å². The standard InChI is InChI=1S/C16H13BrFN3O2/c17-11-7-9(5-6-12(11)18)8-14-19-16(23-20-14)15-10-3-1-2-4-13(10)22-21-15/h5-7H,1-4,8H2. The molecule has 1 aliphatic carbocycles. The Kier molecular flexibility index (Phi) is 3.72. The molecule has 5 nitrogen and oxygen atoms in total. The second-order valence-corrected chi connectivity index (χ2v) is 6.44. The molecule has 0 spiro atoms. The van der Waals surface area contributed by atoms with Gasteiger partial charge in [0.1, 0.15) is 11.6 Å². The second kappa shape index (κ2) is 5.88. The molecule has 2 aromatic heterocycles. The highest BCUT2D eigenvalue weighted by Crippen LogP contribution is 2.30. The van der Waals surface area contributed by atoms with Gasteiger partial charge in [-0.1, -0.05) is 16.4 Å². The van der Waals surface area contributed by atoms with E-state index in [1.807, 2.05) is 0 Å². The van der Waals surface area contributed by atoms with Crippen LogP contribution in [0.4, 0.5) is 4.39 Å². The first kappa shape index (κ1) is 14.6. The van der Waals surface area contributed by atoms with Gasteiger partial charge in [0.2, 0.25) is 0 Å². The molecule has 0 amide bonds. The van der Waals surface area contributed by atoms with Crippen LogP contribution in [-0.4, -0.2) is 15.3 Å². The molecule has 0 aliphatic heterocycles. The molecule has 0 N–H and O–H groups in total. The third-order valence-corrected chi connectivity index (χ3v) is 4.57. The number of nitrogens with zero attached hydrogens (tertiary/aromatic N) is 3. The van der Waals surface area contributed by atoms with Crippen molar-refractivity contribution in [2.45, 2.75) is 32.1 Å². The van der Waals surface area contributed by atoms with Crippen molar-refractivity contribution in [3.05, 3.63) is 51.2 Å². The number of hydrogen-bond acceptors (Lipinski definition) is 5. The molecular formula is C16H13BrFN3O2. The van der Waals surface area contributed by atoms with Crippen LogP contribution in [0.5, 0.6) is 0 Å². The van der Waals surface area contributed by atoms with E-state index in [-0.39, 0.29) is 5.82 Å². The Morgan fingerprint density at radius 1 is 1.13 bits per heavy atom. The molecule has 2 heterocycles. The Bertz CT molecular complexity index is 859. The lowest BCUT2D eigenvalue weighted by molar-refractivity contribution is 0.369. The van der Waals surface area contributed by atoms with Crippen LogP contribution < -0.4 is 0 Å². The van der Waals surface area contributed by atoms with Gasteiger partial charge in [-0.3, -0.25) is 0 Å². The molecule has 0 bridgehead atoms. The first-order valence-corrected chi connectivity index (χ1v) is 8.24. The topological polar surface area (TPSA) is 65.0 Å². The van der Waals surface area contributed by atoms with E-state index in [0.717, 1.165) is 42.6 Å². The minimum atomic E-state index is -0.295. The SMILES string of the molecule is Fc1ccc(Cc2noc(-c3noc4c3CCCC4)n2)cc1Br. The van der Waals surface area contributed by atoms with Crippen molar-refractivity contribution >= 4 is 15.9 Å². The summed E-state index contributed by atoms with van der Waals surface area (Å²) in [5.41, 5.74) is 2.63. The summed E-state index contributed by atoms with van der Waals surface area (Å²) in [4.78, 5) is 4.40. The maximum absolute atomic E-state index is 13.3. The third kappa shape index (κ3) is 2.81. The van der Waals surface area contributed by atoms with Gasteiger partial charge in [-0.15, -0.1) is 0 Å². The zero-order chi connectivity index (χ0) is 15.8. The molecule has 0 radical (unpaired) electrons.